The highest BCUT2D eigenvalue weighted by atomic mass is 35.5. The Morgan fingerprint density at radius 2 is 2.14 bits per heavy atom. The number of hydrogen-bond acceptors (Lipinski definition) is 2. The van der Waals surface area contributed by atoms with Crippen LogP contribution in [0.3, 0.4) is 0 Å². The summed E-state index contributed by atoms with van der Waals surface area (Å²) in [4.78, 5) is 0. The van der Waals surface area contributed by atoms with Crippen LogP contribution >= 0.6 is 12.4 Å². The van der Waals surface area contributed by atoms with Crippen LogP contribution in [0.15, 0.2) is 18.2 Å². The van der Waals surface area contributed by atoms with Crippen LogP contribution in [0.25, 0.3) is 0 Å². The fourth-order valence-corrected chi connectivity index (χ4v) is 1.23. The molecule has 2 nitrogen and oxygen atoms in total. The molecule has 0 aliphatic carbocycles. The molecule has 0 aliphatic rings. The molecule has 1 atom stereocenters. The molecular formula is C10H15ClFNO. The standard InChI is InChI=1S/C10H14FNO.ClH/c1-7-2-3-8(9(11)6-7)10(12)4-5-13;/h2-3,6,10,13H,4-5,12H2,1H3;1H/t10-;/m0./s1. The monoisotopic (exact) mass is 219 g/mol. The quantitative estimate of drug-likeness (QED) is 0.816. The molecular weight excluding hydrogens is 205 g/mol. The van der Waals surface area contributed by atoms with Gasteiger partial charge in [0.1, 0.15) is 5.82 Å². The molecule has 14 heavy (non-hydrogen) atoms. The van der Waals surface area contributed by atoms with E-state index in [1.807, 2.05) is 13.0 Å². The summed E-state index contributed by atoms with van der Waals surface area (Å²) in [6, 6.07) is 4.53. The highest BCUT2D eigenvalue weighted by Gasteiger charge is 2.10. The van der Waals surface area contributed by atoms with Gasteiger partial charge < -0.3 is 10.8 Å². The van der Waals surface area contributed by atoms with Crippen molar-refractivity contribution in [3.8, 4) is 0 Å². The number of rotatable bonds is 3. The van der Waals surface area contributed by atoms with E-state index in [2.05, 4.69) is 0 Å². The molecule has 0 radical (unpaired) electrons. The SMILES string of the molecule is Cc1ccc([C@@H](N)CCO)c(F)c1.Cl. The van der Waals surface area contributed by atoms with Gasteiger partial charge in [-0.25, -0.2) is 4.39 Å². The van der Waals surface area contributed by atoms with Crippen molar-refractivity contribution in [2.75, 3.05) is 6.61 Å². The van der Waals surface area contributed by atoms with Crippen LogP contribution in [0.2, 0.25) is 0 Å². The Kier molecular flexibility index (Phi) is 5.69. The Balaban J connectivity index is 0.00000169. The molecule has 3 N–H and O–H groups in total. The van der Waals surface area contributed by atoms with E-state index in [0.29, 0.717) is 12.0 Å². The molecule has 0 aromatic heterocycles. The second-order valence-corrected chi connectivity index (χ2v) is 3.14. The Bertz CT molecular complexity index is 293. The molecule has 0 amide bonds. The second-order valence-electron chi connectivity index (χ2n) is 3.14. The summed E-state index contributed by atoms with van der Waals surface area (Å²) < 4.78 is 13.3. The largest absolute Gasteiger partial charge is 0.396 e. The first-order valence-electron chi connectivity index (χ1n) is 4.27. The van der Waals surface area contributed by atoms with Gasteiger partial charge in [-0.05, 0) is 25.0 Å². The first-order chi connectivity index (χ1) is 6.15. The predicted molar refractivity (Wildman–Crippen MR) is 57.0 cm³/mol. The minimum Gasteiger partial charge on any atom is -0.396 e. The maximum atomic E-state index is 13.3. The van der Waals surface area contributed by atoms with Crippen LogP contribution in [0.1, 0.15) is 23.6 Å². The average Bonchev–Trinajstić information content (AvgIpc) is 2.04. The molecule has 0 saturated heterocycles. The molecule has 1 aromatic carbocycles. The van der Waals surface area contributed by atoms with E-state index in [0.717, 1.165) is 5.56 Å². The zero-order valence-electron chi connectivity index (χ0n) is 8.03. The van der Waals surface area contributed by atoms with Crippen molar-refractivity contribution in [2.45, 2.75) is 19.4 Å². The molecule has 4 heteroatoms. The molecule has 0 saturated carbocycles. The van der Waals surface area contributed by atoms with Gasteiger partial charge in [-0.1, -0.05) is 12.1 Å². The number of nitrogens with two attached hydrogens (primary N) is 1. The van der Waals surface area contributed by atoms with Crippen molar-refractivity contribution >= 4 is 12.4 Å². The van der Waals surface area contributed by atoms with Crippen LogP contribution in [0.4, 0.5) is 4.39 Å². The van der Waals surface area contributed by atoms with Gasteiger partial charge >= 0.3 is 0 Å². The summed E-state index contributed by atoms with van der Waals surface area (Å²) >= 11 is 0. The molecule has 0 heterocycles. The third kappa shape index (κ3) is 3.25. The topological polar surface area (TPSA) is 46.2 Å². The van der Waals surface area contributed by atoms with Crippen molar-refractivity contribution in [3.05, 3.63) is 35.1 Å². The van der Waals surface area contributed by atoms with Crippen LogP contribution < -0.4 is 5.73 Å². The summed E-state index contributed by atoms with van der Waals surface area (Å²) in [5.41, 5.74) is 7.00. The second kappa shape index (κ2) is 5.96. The lowest BCUT2D eigenvalue weighted by Gasteiger charge is -2.11. The molecule has 1 rings (SSSR count). The van der Waals surface area contributed by atoms with Gasteiger partial charge in [0.25, 0.3) is 0 Å². The number of hydrogen-bond donors (Lipinski definition) is 2. The van der Waals surface area contributed by atoms with Crippen LogP contribution in [-0.2, 0) is 0 Å². The molecule has 1 aromatic rings. The van der Waals surface area contributed by atoms with Gasteiger partial charge in [0.15, 0.2) is 0 Å². The number of halogens is 2. The Hall–Kier alpha value is -0.640. The van der Waals surface area contributed by atoms with Gasteiger partial charge in [0.05, 0.1) is 0 Å². The first kappa shape index (κ1) is 13.4. The fourth-order valence-electron chi connectivity index (χ4n) is 1.23. The zero-order chi connectivity index (χ0) is 9.84. The van der Waals surface area contributed by atoms with E-state index in [-0.39, 0.29) is 24.8 Å². The van der Waals surface area contributed by atoms with Crippen molar-refractivity contribution in [2.24, 2.45) is 5.73 Å². The van der Waals surface area contributed by atoms with Crippen LogP contribution in [-0.4, -0.2) is 11.7 Å². The summed E-state index contributed by atoms with van der Waals surface area (Å²) in [7, 11) is 0. The van der Waals surface area contributed by atoms with Crippen molar-refractivity contribution < 1.29 is 9.50 Å². The summed E-state index contributed by atoms with van der Waals surface area (Å²) in [6.07, 6.45) is 0.389. The van der Waals surface area contributed by atoms with E-state index in [1.54, 1.807) is 6.07 Å². The molecule has 0 bridgehead atoms. The molecule has 0 unspecified atom stereocenters. The molecule has 80 valence electrons. The van der Waals surface area contributed by atoms with Gasteiger partial charge in [0.2, 0.25) is 0 Å². The fraction of sp³-hybridized carbons (Fsp3) is 0.400. The summed E-state index contributed by atoms with van der Waals surface area (Å²) in [5.74, 6) is -0.291. The van der Waals surface area contributed by atoms with E-state index in [9.17, 15) is 4.39 Å². The van der Waals surface area contributed by atoms with Gasteiger partial charge in [-0.15, -0.1) is 12.4 Å². The minimum absolute atomic E-state index is 0. The lowest BCUT2D eigenvalue weighted by molar-refractivity contribution is 0.275. The third-order valence-electron chi connectivity index (χ3n) is 2.00. The summed E-state index contributed by atoms with van der Waals surface area (Å²) in [5, 5.41) is 8.64. The zero-order valence-corrected chi connectivity index (χ0v) is 8.85. The molecule has 0 spiro atoms. The minimum atomic E-state index is -0.411. The smallest absolute Gasteiger partial charge is 0.128 e. The van der Waals surface area contributed by atoms with E-state index in [1.165, 1.54) is 6.07 Å². The van der Waals surface area contributed by atoms with Crippen LogP contribution in [0.5, 0.6) is 0 Å². The average molecular weight is 220 g/mol. The summed E-state index contributed by atoms with van der Waals surface area (Å²) in [6.45, 7) is 1.80. The Morgan fingerprint density at radius 3 is 2.64 bits per heavy atom. The van der Waals surface area contributed by atoms with E-state index in [4.69, 9.17) is 10.8 Å². The van der Waals surface area contributed by atoms with Gasteiger partial charge in [0, 0.05) is 18.2 Å². The lowest BCUT2D eigenvalue weighted by atomic mass is 10.0. The molecule has 0 fully saturated rings. The van der Waals surface area contributed by atoms with E-state index >= 15 is 0 Å². The highest BCUT2D eigenvalue weighted by molar-refractivity contribution is 5.85. The van der Waals surface area contributed by atoms with Crippen molar-refractivity contribution in [3.63, 3.8) is 0 Å². The Morgan fingerprint density at radius 1 is 1.50 bits per heavy atom. The van der Waals surface area contributed by atoms with E-state index < -0.39 is 6.04 Å². The van der Waals surface area contributed by atoms with Crippen molar-refractivity contribution in [1.29, 1.82) is 0 Å². The van der Waals surface area contributed by atoms with Gasteiger partial charge in [-0.3, -0.25) is 0 Å². The number of benzene rings is 1. The highest BCUT2D eigenvalue weighted by Crippen LogP contribution is 2.18. The normalized spacial score (nSPS) is 12.0. The number of aliphatic hydroxyl groups is 1. The first-order valence-corrected chi connectivity index (χ1v) is 4.27. The predicted octanol–water partition coefficient (Wildman–Crippen LogP) is 1.94. The molecule has 0 aliphatic heterocycles. The maximum Gasteiger partial charge on any atom is 0.128 e. The third-order valence-corrected chi connectivity index (χ3v) is 2.00. The van der Waals surface area contributed by atoms with Crippen molar-refractivity contribution in [1.82, 2.24) is 0 Å². The Labute approximate surface area is 89.3 Å². The lowest BCUT2D eigenvalue weighted by Crippen LogP contribution is -2.13. The van der Waals surface area contributed by atoms with Gasteiger partial charge in [-0.2, -0.15) is 0 Å². The van der Waals surface area contributed by atoms with Crippen LogP contribution in [0, 0.1) is 12.7 Å². The number of aryl methyl sites for hydroxylation is 1. The maximum absolute atomic E-state index is 13.3. The number of aliphatic hydroxyl groups excluding tert-OH is 1.